The summed E-state index contributed by atoms with van der Waals surface area (Å²) >= 11 is 0. The minimum Gasteiger partial charge on any atom is -0.387 e. The number of amides is 1. The van der Waals surface area contributed by atoms with E-state index in [2.05, 4.69) is 12.2 Å². The summed E-state index contributed by atoms with van der Waals surface area (Å²) in [6.07, 6.45) is 5.46. The van der Waals surface area contributed by atoms with Crippen LogP contribution < -0.4 is 5.32 Å². The number of aliphatic hydroxyl groups is 1. The Labute approximate surface area is 110 Å². The minimum atomic E-state index is -0.541. The third kappa shape index (κ3) is 3.45. The summed E-state index contributed by atoms with van der Waals surface area (Å²) in [7, 11) is 0. The zero-order chi connectivity index (χ0) is 13.2. The molecule has 18 heavy (non-hydrogen) atoms. The van der Waals surface area contributed by atoms with Crippen LogP contribution in [0.5, 0.6) is 0 Å². The Bertz CT molecular complexity index is 292. The highest BCUT2D eigenvalue weighted by Gasteiger charge is 2.40. The molecule has 2 rings (SSSR count). The molecule has 0 spiro atoms. The fourth-order valence-corrected chi connectivity index (χ4v) is 3.00. The highest BCUT2D eigenvalue weighted by atomic mass is 16.3. The molecule has 0 bridgehead atoms. The number of carbonyl (C=O) groups is 1. The highest BCUT2D eigenvalue weighted by molar-refractivity contribution is 5.78. The average molecular weight is 254 g/mol. The van der Waals surface area contributed by atoms with E-state index in [1.165, 1.54) is 12.8 Å². The van der Waals surface area contributed by atoms with E-state index in [4.69, 9.17) is 0 Å². The molecule has 1 aliphatic carbocycles. The minimum absolute atomic E-state index is 0.118. The number of nitrogens with one attached hydrogen (secondary N) is 1. The van der Waals surface area contributed by atoms with Crippen LogP contribution in [0.1, 0.15) is 46.0 Å². The van der Waals surface area contributed by atoms with Crippen LogP contribution in [0.15, 0.2) is 0 Å². The molecule has 0 radical (unpaired) electrons. The maximum Gasteiger partial charge on any atom is 0.234 e. The van der Waals surface area contributed by atoms with Gasteiger partial charge in [-0.05, 0) is 38.0 Å². The number of likely N-dealkylation sites (tertiary alicyclic amines) is 1. The van der Waals surface area contributed by atoms with E-state index >= 15 is 0 Å². The maximum absolute atomic E-state index is 11.9. The van der Waals surface area contributed by atoms with Crippen LogP contribution >= 0.6 is 0 Å². The van der Waals surface area contributed by atoms with Crippen molar-refractivity contribution in [2.45, 2.75) is 57.6 Å². The lowest BCUT2D eigenvalue weighted by molar-refractivity contribution is -0.133. The van der Waals surface area contributed by atoms with E-state index in [0.29, 0.717) is 25.7 Å². The van der Waals surface area contributed by atoms with Crippen molar-refractivity contribution in [2.75, 3.05) is 19.6 Å². The van der Waals surface area contributed by atoms with Gasteiger partial charge in [0.2, 0.25) is 5.91 Å². The molecular formula is C14H26N2O2. The second-order valence-corrected chi connectivity index (χ2v) is 6.25. The zero-order valence-electron chi connectivity index (χ0n) is 11.6. The van der Waals surface area contributed by atoms with Crippen LogP contribution in [0.4, 0.5) is 0 Å². The molecule has 1 saturated carbocycles. The summed E-state index contributed by atoms with van der Waals surface area (Å²) in [6.45, 7) is 5.98. The summed E-state index contributed by atoms with van der Waals surface area (Å²) in [5, 5.41) is 13.0. The smallest absolute Gasteiger partial charge is 0.234 e. The fraction of sp³-hybridized carbons (Fsp3) is 0.929. The van der Waals surface area contributed by atoms with Crippen LogP contribution in [0.25, 0.3) is 0 Å². The molecule has 0 unspecified atom stereocenters. The van der Waals surface area contributed by atoms with Gasteiger partial charge >= 0.3 is 0 Å². The molecule has 2 aliphatic rings. The lowest BCUT2D eigenvalue weighted by Crippen LogP contribution is -2.63. The fourth-order valence-electron chi connectivity index (χ4n) is 3.00. The largest absolute Gasteiger partial charge is 0.387 e. The van der Waals surface area contributed by atoms with Crippen LogP contribution in [0, 0.1) is 5.92 Å². The van der Waals surface area contributed by atoms with Crippen molar-refractivity contribution < 1.29 is 9.90 Å². The second kappa shape index (κ2) is 5.57. The molecule has 0 atom stereocenters. The molecule has 4 nitrogen and oxygen atoms in total. The first-order valence-corrected chi connectivity index (χ1v) is 7.25. The number of β-amino-alcohol motifs (C(OH)–C–C–N with tert-alkyl or cyclic N) is 1. The lowest BCUT2D eigenvalue weighted by atomic mass is 9.87. The maximum atomic E-state index is 11.9. The number of nitrogens with zero attached hydrogens (tertiary/aromatic N) is 1. The molecule has 1 amide bonds. The Morgan fingerprint density at radius 1 is 1.33 bits per heavy atom. The van der Waals surface area contributed by atoms with Crippen molar-refractivity contribution in [2.24, 2.45) is 5.92 Å². The van der Waals surface area contributed by atoms with Gasteiger partial charge in [0.25, 0.3) is 0 Å². The zero-order valence-corrected chi connectivity index (χ0v) is 11.6. The standard InChI is InChI=1S/C14H26N2O2/c1-3-14(18)9-16(10-14)8-13(17)15-12-6-4-11(2)5-7-12/h11-12,18H,3-10H2,1-2H3,(H,15,17). The van der Waals surface area contributed by atoms with Gasteiger partial charge in [-0.2, -0.15) is 0 Å². The molecule has 1 aliphatic heterocycles. The normalized spacial score (nSPS) is 31.7. The van der Waals surface area contributed by atoms with Crippen molar-refractivity contribution in [1.29, 1.82) is 0 Å². The number of hydrogen-bond acceptors (Lipinski definition) is 3. The van der Waals surface area contributed by atoms with E-state index < -0.39 is 5.60 Å². The summed E-state index contributed by atoms with van der Waals surface area (Å²) in [5.41, 5.74) is -0.541. The average Bonchev–Trinajstić information content (AvgIpc) is 2.30. The molecule has 0 aromatic carbocycles. The second-order valence-electron chi connectivity index (χ2n) is 6.25. The van der Waals surface area contributed by atoms with Gasteiger partial charge in [0.15, 0.2) is 0 Å². The van der Waals surface area contributed by atoms with Crippen molar-refractivity contribution in [3.63, 3.8) is 0 Å². The summed E-state index contributed by atoms with van der Waals surface area (Å²) in [4.78, 5) is 13.9. The first-order valence-electron chi connectivity index (χ1n) is 7.25. The van der Waals surface area contributed by atoms with Crippen LogP contribution in [-0.2, 0) is 4.79 Å². The molecule has 1 saturated heterocycles. The first-order chi connectivity index (χ1) is 8.50. The van der Waals surface area contributed by atoms with E-state index in [-0.39, 0.29) is 5.91 Å². The van der Waals surface area contributed by atoms with Crippen molar-refractivity contribution in [1.82, 2.24) is 10.2 Å². The predicted molar refractivity (Wildman–Crippen MR) is 71.2 cm³/mol. The van der Waals surface area contributed by atoms with Crippen molar-refractivity contribution in [3.05, 3.63) is 0 Å². The molecule has 2 fully saturated rings. The monoisotopic (exact) mass is 254 g/mol. The van der Waals surface area contributed by atoms with Crippen LogP contribution in [-0.4, -0.2) is 47.2 Å². The Morgan fingerprint density at radius 2 is 1.94 bits per heavy atom. The predicted octanol–water partition coefficient (Wildman–Crippen LogP) is 1.14. The van der Waals surface area contributed by atoms with Crippen molar-refractivity contribution >= 4 is 5.91 Å². The SMILES string of the molecule is CCC1(O)CN(CC(=O)NC2CCC(C)CC2)C1. The van der Waals surface area contributed by atoms with Gasteiger partial charge < -0.3 is 10.4 Å². The molecule has 4 heteroatoms. The third-order valence-corrected chi connectivity index (χ3v) is 4.44. The van der Waals surface area contributed by atoms with Gasteiger partial charge in [-0.15, -0.1) is 0 Å². The van der Waals surface area contributed by atoms with Gasteiger partial charge in [-0.1, -0.05) is 13.8 Å². The van der Waals surface area contributed by atoms with Gasteiger partial charge in [-0.3, -0.25) is 9.69 Å². The lowest BCUT2D eigenvalue weighted by Gasteiger charge is -2.45. The van der Waals surface area contributed by atoms with E-state index in [0.717, 1.165) is 25.2 Å². The Balaban J connectivity index is 1.64. The van der Waals surface area contributed by atoms with Gasteiger partial charge in [0.05, 0.1) is 12.1 Å². The molecular weight excluding hydrogens is 228 g/mol. The first kappa shape index (κ1) is 13.8. The van der Waals surface area contributed by atoms with Gasteiger partial charge in [-0.25, -0.2) is 0 Å². The summed E-state index contributed by atoms with van der Waals surface area (Å²) < 4.78 is 0. The third-order valence-electron chi connectivity index (χ3n) is 4.44. The summed E-state index contributed by atoms with van der Waals surface area (Å²) in [5.74, 6) is 0.931. The topological polar surface area (TPSA) is 52.6 Å². The molecule has 0 aromatic heterocycles. The van der Waals surface area contributed by atoms with Gasteiger partial charge in [0.1, 0.15) is 0 Å². The van der Waals surface area contributed by atoms with E-state index in [1.807, 2.05) is 11.8 Å². The van der Waals surface area contributed by atoms with Gasteiger partial charge in [0, 0.05) is 19.1 Å². The molecule has 0 aromatic rings. The Morgan fingerprint density at radius 3 is 2.50 bits per heavy atom. The number of hydrogen-bond donors (Lipinski definition) is 2. The van der Waals surface area contributed by atoms with Crippen LogP contribution in [0.3, 0.4) is 0 Å². The number of rotatable bonds is 4. The Hall–Kier alpha value is -0.610. The van der Waals surface area contributed by atoms with Crippen LogP contribution in [0.2, 0.25) is 0 Å². The molecule has 1 heterocycles. The van der Waals surface area contributed by atoms with Crippen molar-refractivity contribution in [3.8, 4) is 0 Å². The molecule has 2 N–H and O–H groups in total. The highest BCUT2D eigenvalue weighted by Crippen LogP contribution is 2.25. The summed E-state index contributed by atoms with van der Waals surface area (Å²) in [6, 6.07) is 0.375. The molecule has 104 valence electrons. The Kier molecular flexibility index (Phi) is 4.28. The van der Waals surface area contributed by atoms with E-state index in [1.54, 1.807) is 0 Å². The van der Waals surface area contributed by atoms with E-state index in [9.17, 15) is 9.90 Å². The quantitative estimate of drug-likeness (QED) is 0.791. The number of carbonyl (C=O) groups excluding carboxylic acids is 1.